The van der Waals surface area contributed by atoms with E-state index in [1.165, 1.54) is 37.9 Å². The fraction of sp³-hybridized carbons (Fsp3) is 0.929. The predicted molar refractivity (Wildman–Crippen MR) is 83.1 cm³/mol. The molecule has 0 aromatic rings. The van der Waals surface area contributed by atoms with Gasteiger partial charge >= 0.3 is 0 Å². The normalized spacial score (nSPS) is 34.5. The van der Waals surface area contributed by atoms with Crippen LogP contribution >= 0.6 is 24.2 Å². The standard InChI is InChI=1S/C14H24N2OS.ClH/c17-14(9-12-10-18-8-6-15-12)16-7-2-4-11-3-1-5-13(11)16;/h11-13,15H,1-10H2;1H. The van der Waals surface area contributed by atoms with E-state index in [4.69, 9.17) is 0 Å². The zero-order chi connectivity index (χ0) is 12.4. The number of carbonyl (C=O) groups is 1. The SMILES string of the molecule is Cl.O=C(CC1CSCCN1)N1CCCC2CCCC21. The smallest absolute Gasteiger partial charge is 0.224 e. The average Bonchev–Trinajstić information content (AvgIpc) is 2.87. The number of amides is 1. The first kappa shape index (κ1) is 15.5. The van der Waals surface area contributed by atoms with Crippen LogP contribution in [0.4, 0.5) is 0 Å². The van der Waals surface area contributed by atoms with Crippen molar-refractivity contribution >= 4 is 30.1 Å². The van der Waals surface area contributed by atoms with E-state index in [1.807, 2.05) is 11.8 Å². The molecule has 3 rings (SSSR count). The molecule has 3 unspecified atom stereocenters. The number of nitrogens with zero attached hydrogens (tertiary/aromatic N) is 1. The van der Waals surface area contributed by atoms with E-state index in [1.54, 1.807) is 0 Å². The lowest BCUT2D eigenvalue weighted by Gasteiger charge is -2.38. The number of halogens is 1. The molecule has 2 heterocycles. The average molecular weight is 305 g/mol. The lowest BCUT2D eigenvalue weighted by Crippen LogP contribution is -2.49. The molecule has 1 amide bonds. The summed E-state index contributed by atoms with van der Waals surface area (Å²) in [5, 5.41) is 3.48. The molecule has 5 heteroatoms. The van der Waals surface area contributed by atoms with E-state index in [-0.39, 0.29) is 12.4 Å². The van der Waals surface area contributed by atoms with Crippen LogP contribution in [0, 0.1) is 5.92 Å². The van der Waals surface area contributed by atoms with Gasteiger partial charge in [0.1, 0.15) is 0 Å². The zero-order valence-corrected chi connectivity index (χ0v) is 13.1. The van der Waals surface area contributed by atoms with Gasteiger partial charge in [-0.3, -0.25) is 4.79 Å². The van der Waals surface area contributed by atoms with E-state index >= 15 is 0 Å². The van der Waals surface area contributed by atoms with Crippen molar-refractivity contribution in [3.63, 3.8) is 0 Å². The Kier molecular flexibility index (Phi) is 5.85. The quantitative estimate of drug-likeness (QED) is 0.849. The molecule has 0 spiro atoms. The topological polar surface area (TPSA) is 32.3 Å². The van der Waals surface area contributed by atoms with Gasteiger partial charge in [0, 0.05) is 43.1 Å². The fourth-order valence-corrected chi connectivity index (χ4v) is 4.79. The molecule has 110 valence electrons. The lowest BCUT2D eigenvalue weighted by molar-refractivity contribution is -0.136. The second-order valence-corrected chi connectivity index (χ2v) is 7.07. The molecule has 2 saturated heterocycles. The number of hydrogen-bond donors (Lipinski definition) is 1. The van der Waals surface area contributed by atoms with Gasteiger partial charge in [0.15, 0.2) is 0 Å². The van der Waals surface area contributed by atoms with Crippen LogP contribution in [0.1, 0.15) is 38.5 Å². The molecule has 2 aliphatic heterocycles. The molecule has 0 aromatic carbocycles. The summed E-state index contributed by atoms with van der Waals surface area (Å²) < 4.78 is 0. The monoisotopic (exact) mass is 304 g/mol. The van der Waals surface area contributed by atoms with Crippen molar-refractivity contribution in [2.45, 2.75) is 50.6 Å². The Balaban J connectivity index is 0.00000133. The second-order valence-electron chi connectivity index (χ2n) is 5.92. The summed E-state index contributed by atoms with van der Waals surface area (Å²) in [7, 11) is 0. The van der Waals surface area contributed by atoms with Crippen LogP contribution in [-0.2, 0) is 4.79 Å². The highest BCUT2D eigenvalue weighted by molar-refractivity contribution is 7.99. The number of thioether (sulfide) groups is 1. The number of hydrogen-bond acceptors (Lipinski definition) is 3. The molecule has 3 fully saturated rings. The van der Waals surface area contributed by atoms with Crippen LogP contribution in [0.2, 0.25) is 0 Å². The molecular weight excluding hydrogens is 280 g/mol. The van der Waals surface area contributed by atoms with E-state index in [2.05, 4.69) is 10.2 Å². The van der Waals surface area contributed by atoms with Crippen molar-refractivity contribution in [2.24, 2.45) is 5.92 Å². The van der Waals surface area contributed by atoms with E-state index < -0.39 is 0 Å². The van der Waals surface area contributed by atoms with Crippen molar-refractivity contribution in [1.29, 1.82) is 0 Å². The molecule has 3 nitrogen and oxygen atoms in total. The van der Waals surface area contributed by atoms with Gasteiger partial charge in [-0.25, -0.2) is 0 Å². The Hall–Kier alpha value is 0.0700. The predicted octanol–water partition coefficient (Wildman–Crippen LogP) is 2.29. The maximum atomic E-state index is 12.5. The fourth-order valence-electron chi connectivity index (χ4n) is 3.84. The highest BCUT2D eigenvalue weighted by Gasteiger charge is 2.37. The van der Waals surface area contributed by atoms with Gasteiger partial charge in [-0.05, 0) is 31.6 Å². The number of carbonyl (C=O) groups excluding carboxylic acids is 1. The minimum atomic E-state index is 0. The number of piperidine rings is 1. The maximum Gasteiger partial charge on any atom is 0.224 e. The van der Waals surface area contributed by atoms with Crippen molar-refractivity contribution in [2.75, 3.05) is 24.6 Å². The maximum absolute atomic E-state index is 12.5. The van der Waals surface area contributed by atoms with Crippen molar-refractivity contribution in [1.82, 2.24) is 10.2 Å². The summed E-state index contributed by atoms with van der Waals surface area (Å²) in [6.07, 6.45) is 7.23. The van der Waals surface area contributed by atoms with E-state index in [0.29, 0.717) is 18.0 Å². The van der Waals surface area contributed by atoms with E-state index in [0.717, 1.165) is 31.2 Å². The highest BCUT2D eigenvalue weighted by Crippen LogP contribution is 2.37. The molecule has 1 aliphatic carbocycles. The van der Waals surface area contributed by atoms with Gasteiger partial charge < -0.3 is 10.2 Å². The Morgan fingerprint density at radius 1 is 1.26 bits per heavy atom. The molecule has 0 radical (unpaired) electrons. The largest absolute Gasteiger partial charge is 0.339 e. The van der Waals surface area contributed by atoms with Crippen LogP contribution in [0.15, 0.2) is 0 Å². The van der Waals surface area contributed by atoms with Crippen LogP contribution < -0.4 is 5.32 Å². The summed E-state index contributed by atoms with van der Waals surface area (Å²) in [6.45, 7) is 2.08. The van der Waals surface area contributed by atoms with Crippen LogP contribution in [-0.4, -0.2) is 47.5 Å². The first-order valence-corrected chi connectivity index (χ1v) is 8.60. The van der Waals surface area contributed by atoms with Gasteiger partial charge in [0.25, 0.3) is 0 Å². The molecule has 3 atom stereocenters. The van der Waals surface area contributed by atoms with Gasteiger partial charge in [0.2, 0.25) is 5.91 Å². The van der Waals surface area contributed by atoms with Crippen LogP contribution in [0.25, 0.3) is 0 Å². The highest BCUT2D eigenvalue weighted by atomic mass is 35.5. The van der Waals surface area contributed by atoms with Crippen molar-refractivity contribution < 1.29 is 4.79 Å². The third-order valence-corrected chi connectivity index (χ3v) is 5.86. The van der Waals surface area contributed by atoms with Gasteiger partial charge in [-0.15, -0.1) is 12.4 Å². The molecule has 0 aromatic heterocycles. The Morgan fingerprint density at radius 3 is 2.89 bits per heavy atom. The number of nitrogens with one attached hydrogen (secondary N) is 1. The third-order valence-electron chi connectivity index (χ3n) is 4.73. The lowest BCUT2D eigenvalue weighted by atomic mass is 9.91. The van der Waals surface area contributed by atoms with E-state index in [9.17, 15) is 4.79 Å². The molecule has 1 N–H and O–H groups in total. The molecule has 1 saturated carbocycles. The minimum Gasteiger partial charge on any atom is -0.339 e. The number of fused-ring (bicyclic) bond motifs is 1. The Labute approximate surface area is 126 Å². The van der Waals surface area contributed by atoms with Gasteiger partial charge in [-0.2, -0.15) is 11.8 Å². The molecule has 19 heavy (non-hydrogen) atoms. The molecule has 0 bridgehead atoms. The van der Waals surface area contributed by atoms with Gasteiger partial charge in [-0.1, -0.05) is 6.42 Å². The summed E-state index contributed by atoms with van der Waals surface area (Å²) in [5.41, 5.74) is 0. The van der Waals surface area contributed by atoms with Crippen LogP contribution in [0.5, 0.6) is 0 Å². The van der Waals surface area contributed by atoms with Crippen molar-refractivity contribution in [3.05, 3.63) is 0 Å². The zero-order valence-electron chi connectivity index (χ0n) is 11.5. The Morgan fingerprint density at radius 2 is 2.11 bits per heavy atom. The first-order valence-electron chi connectivity index (χ1n) is 7.45. The molecule has 3 aliphatic rings. The minimum absolute atomic E-state index is 0. The number of likely N-dealkylation sites (tertiary alicyclic amines) is 1. The summed E-state index contributed by atoms with van der Waals surface area (Å²) in [6, 6.07) is 1.00. The summed E-state index contributed by atoms with van der Waals surface area (Å²) in [4.78, 5) is 14.7. The summed E-state index contributed by atoms with van der Waals surface area (Å²) >= 11 is 1.98. The van der Waals surface area contributed by atoms with Gasteiger partial charge in [0.05, 0.1) is 0 Å². The third kappa shape index (κ3) is 3.59. The second kappa shape index (κ2) is 7.19. The van der Waals surface area contributed by atoms with Crippen LogP contribution in [0.3, 0.4) is 0 Å². The first-order chi connectivity index (χ1) is 8.84. The van der Waals surface area contributed by atoms with Crippen molar-refractivity contribution in [3.8, 4) is 0 Å². The number of rotatable bonds is 2. The molecular formula is C14H25ClN2OS. The Bertz CT molecular complexity index is 310. The summed E-state index contributed by atoms with van der Waals surface area (Å²) in [5.74, 6) is 3.52.